The summed E-state index contributed by atoms with van der Waals surface area (Å²) in [6, 6.07) is 8.14. The maximum absolute atomic E-state index is 13.8. The number of amides is 3. The number of methoxy groups -OCH3 is 1. The van der Waals surface area contributed by atoms with Crippen molar-refractivity contribution >= 4 is 23.3 Å². The van der Waals surface area contributed by atoms with Crippen LogP contribution in [0.15, 0.2) is 36.4 Å². The third-order valence-electron chi connectivity index (χ3n) is 6.46. The molecule has 2 fully saturated rings. The number of hydrogen-bond acceptors (Lipinski definition) is 5. The number of halogens is 2. The number of rotatable bonds is 7. The van der Waals surface area contributed by atoms with E-state index in [-0.39, 0.29) is 24.4 Å². The molecular weight excluding hydrogens is 470 g/mol. The fourth-order valence-electron chi connectivity index (χ4n) is 4.55. The zero-order chi connectivity index (χ0) is 25.5. The molecule has 1 saturated carbocycles. The lowest BCUT2D eigenvalue weighted by atomic mass is 10.2. The Morgan fingerprint density at radius 1 is 0.944 bits per heavy atom. The molecule has 0 unspecified atom stereocenters. The second-order valence-electron chi connectivity index (χ2n) is 9.11. The standard InChI is InChI=1S/C26H32F2N4O4/c1-35-23-10-8-19(16-24(23)36-20-5-2-3-6-20)29-26(34)32-12-4-11-31(13-14-32)17-25(33)30-22-9-7-18(27)15-21(22)28/h7-10,15-16,20H,2-6,11-14,17H2,1H3,(H,29,34)(H,30,33). The summed E-state index contributed by atoms with van der Waals surface area (Å²) in [4.78, 5) is 28.9. The van der Waals surface area contributed by atoms with Crippen molar-refractivity contribution in [2.45, 2.75) is 38.2 Å². The normalized spacial score (nSPS) is 16.9. The molecule has 2 aliphatic rings. The van der Waals surface area contributed by atoms with Crippen LogP contribution in [0.2, 0.25) is 0 Å². The van der Waals surface area contributed by atoms with Crippen LogP contribution in [-0.4, -0.2) is 67.7 Å². The van der Waals surface area contributed by atoms with Crippen molar-refractivity contribution in [2.24, 2.45) is 0 Å². The van der Waals surface area contributed by atoms with Crippen LogP contribution in [-0.2, 0) is 4.79 Å². The first-order valence-electron chi connectivity index (χ1n) is 12.3. The fraction of sp³-hybridized carbons (Fsp3) is 0.462. The van der Waals surface area contributed by atoms with Gasteiger partial charge >= 0.3 is 6.03 Å². The number of urea groups is 1. The van der Waals surface area contributed by atoms with Crippen LogP contribution >= 0.6 is 0 Å². The maximum Gasteiger partial charge on any atom is 0.321 e. The SMILES string of the molecule is COc1ccc(NC(=O)N2CCCN(CC(=O)Nc3ccc(F)cc3F)CC2)cc1OC1CCCC1. The van der Waals surface area contributed by atoms with Gasteiger partial charge in [0.1, 0.15) is 11.6 Å². The Bertz CT molecular complexity index is 1080. The lowest BCUT2D eigenvalue weighted by Crippen LogP contribution is -2.39. The molecule has 0 spiro atoms. The van der Waals surface area contributed by atoms with Gasteiger partial charge in [-0.05, 0) is 56.4 Å². The average molecular weight is 503 g/mol. The first kappa shape index (κ1) is 25.7. The van der Waals surface area contributed by atoms with Crippen molar-refractivity contribution < 1.29 is 27.8 Å². The monoisotopic (exact) mass is 502 g/mol. The third-order valence-corrected chi connectivity index (χ3v) is 6.46. The predicted octanol–water partition coefficient (Wildman–Crippen LogP) is 4.47. The van der Waals surface area contributed by atoms with Gasteiger partial charge in [0, 0.05) is 44.0 Å². The van der Waals surface area contributed by atoms with Crippen LogP contribution in [0, 0.1) is 11.6 Å². The Morgan fingerprint density at radius 2 is 1.75 bits per heavy atom. The number of nitrogens with one attached hydrogen (secondary N) is 2. The highest BCUT2D eigenvalue weighted by molar-refractivity contribution is 5.92. The molecule has 0 bridgehead atoms. The Hall–Kier alpha value is -3.40. The summed E-state index contributed by atoms with van der Waals surface area (Å²) >= 11 is 0. The number of anilines is 2. The van der Waals surface area contributed by atoms with Gasteiger partial charge in [-0.15, -0.1) is 0 Å². The topological polar surface area (TPSA) is 83.1 Å². The summed E-state index contributed by atoms with van der Waals surface area (Å²) in [5, 5.41) is 5.41. The van der Waals surface area contributed by atoms with Gasteiger partial charge < -0.3 is 25.0 Å². The number of carbonyl (C=O) groups is 2. The van der Waals surface area contributed by atoms with Crippen LogP contribution < -0.4 is 20.1 Å². The van der Waals surface area contributed by atoms with Crippen molar-refractivity contribution in [2.75, 3.05) is 50.5 Å². The lowest BCUT2D eigenvalue weighted by Gasteiger charge is -2.23. The molecule has 2 N–H and O–H groups in total. The molecule has 1 aliphatic heterocycles. The quantitative estimate of drug-likeness (QED) is 0.584. The van der Waals surface area contributed by atoms with Crippen LogP contribution in [0.5, 0.6) is 11.5 Å². The highest BCUT2D eigenvalue weighted by Crippen LogP contribution is 2.34. The van der Waals surface area contributed by atoms with Crippen LogP contribution in [0.4, 0.5) is 25.0 Å². The molecule has 0 radical (unpaired) electrons. The molecule has 2 aromatic rings. The molecule has 0 aromatic heterocycles. The van der Waals surface area contributed by atoms with Gasteiger partial charge in [-0.3, -0.25) is 9.69 Å². The number of hydrogen-bond donors (Lipinski definition) is 2. The van der Waals surface area contributed by atoms with E-state index in [0.717, 1.165) is 37.8 Å². The van der Waals surface area contributed by atoms with E-state index in [1.54, 1.807) is 30.2 Å². The molecule has 4 rings (SSSR count). The Morgan fingerprint density at radius 3 is 2.50 bits per heavy atom. The Labute approximate surface area is 209 Å². The zero-order valence-corrected chi connectivity index (χ0v) is 20.4. The van der Waals surface area contributed by atoms with E-state index >= 15 is 0 Å². The van der Waals surface area contributed by atoms with Gasteiger partial charge in [0.2, 0.25) is 5.91 Å². The lowest BCUT2D eigenvalue weighted by molar-refractivity contribution is -0.117. The van der Waals surface area contributed by atoms with E-state index in [1.807, 2.05) is 4.90 Å². The first-order chi connectivity index (χ1) is 17.4. The van der Waals surface area contributed by atoms with E-state index in [0.29, 0.717) is 49.8 Å². The second-order valence-corrected chi connectivity index (χ2v) is 9.11. The van der Waals surface area contributed by atoms with Gasteiger partial charge in [-0.1, -0.05) is 0 Å². The molecule has 10 heteroatoms. The van der Waals surface area contributed by atoms with Gasteiger partial charge in [0.05, 0.1) is 25.4 Å². The summed E-state index contributed by atoms with van der Waals surface area (Å²) in [5.41, 5.74) is 0.559. The number of benzene rings is 2. The minimum absolute atomic E-state index is 0.0482. The van der Waals surface area contributed by atoms with Gasteiger partial charge in [0.15, 0.2) is 11.5 Å². The minimum atomic E-state index is -0.822. The molecule has 0 atom stereocenters. The number of nitrogens with zero attached hydrogens (tertiary/aromatic N) is 2. The molecule has 2 aromatic carbocycles. The highest BCUT2D eigenvalue weighted by Gasteiger charge is 2.22. The number of carbonyl (C=O) groups excluding carboxylic acids is 2. The van der Waals surface area contributed by atoms with E-state index < -0.39 is 17.5 Å². The maximum atomic E-state index is 13.8. The summed E-state index contributed by atoms with van der Waals surface area (Å²) in [5.74, 6) is -0.677. The summed E-state index contributed by atoms with van der Waals surface area (Å²) in [6.07, 6.45) is 5.19. The molecule has 36 heavy (non-hydrogen) atoms. The largest absolute Gasteiger partial charge is 0.493 e. The van der Waals surface area contributed by atoms with Crippen molar-refractivity contribution in [3.63, 3.8) is 0 Å². The van der Waals surface area contributed by atoms with Crippen molar-refractivity contribution in [1.29, 1.82) is 0 Å². The minimum Gasteiger partial charge on any atom is -0.493 e. The number of ether oxygens (including phenoxy) is 2. The van der Waals surface area contributed by atoms with Crippen LogP contribution in [0.25, 0.3) is 0 Å². The zero-order valence-electron chi connectivity index (χ0n) is 20.4. The summed E-state index contributed by atoms with van der Waals surface area (Å²) in [7, 11) is 1.59. The van der Waals surface area contributed by atoms with E-state index in [9.17, 15) is 18.4 Å². The fourth-order valence-corrected chi connectivity index (χ4v) is 4.55. The summed E-state index contributed by atoms with van der Waals surface area (Å²) in [6.45, 7) is 2.13. The van der Waals surface area contributed by atoms with Crippen LogP contribution in [0.1, 0.15) is 32.1 Å². The van der Waals surface area contributed by atoms with E-state index in [2.05, 4.69) is 10.6 Å². The average Bonchev–Trinajstić information content (AvgIpc) is 3.25. The Balaban J connectivity index is 1.29. The molecule has 1 aliphatic carbocycles. The second kappa shape index (κ2) is 12.0. The van der Waals surface area contributed by atoms with Gasteiger partial charge in [-0.2, -0.15) is 0 Å². The van der Waals surface area contributed by atoms with Crippen LogP contribution in [0.3, 0.4) is 0 Å². The van der Waals surface area contributed by atoms with Gasteiger partial charge in [-0.25, -0.2) is 13.6 Å². The van der Waals surface area contributed by atoms with E-state index in [1.165, 1.54) is 6.07 Å². The first-order valence-corrected chi connectivity index (χ1v) is 12.3. The molecule has 194 valence electrons. The van der Waals surface area contributed by atoms with Gasteiger partial charge in [0.25, 0.3) is 0 Å². The Kier molecular flexibility index (Phi) is 8.58. The summed E-state index contributed by atoms with van der Waals surface area (Å²) < 4.78 is 38.4. The molecular formula is C26H32F2N4O4. The van der Waals surface area contributed by atoms with E-state index in [4.69, 9.17) is 9.47 Å². The van der Waals surface area contributed by atoms with Crippen molar-refractivity contribution in [1.82, 2.24) is 9.80 Å². The molecule has 1 heterocycles. The smallest absolute Gasteiger partial charge is 0.321 e. The molecule has 1 saturated heterocycles. The molecule has 3 amide bonds. The van der Waals surface area contributed by atoms with Crippen molar-refractivity contribution in [3.05, 3.63) is 48.0 Å². The third kappa shape index (κ3) is 6.84. The molecule has 8 nitrogen and oxygen atoms in total. The van der Waals surface area contributed by atoms with Crippen molar-refractivity contribution in [3.8, 4) is 11.5 Å². The highest BCUT2D eigenvalue weighted by atomic mass is 19.1. The predicted molar refractivity (Wildman–Crippen MR) is 133 cm³/mol.